The van der Waals surface area contributed by atoms with Crippen molar-refractivity contribution < 1.29 is 23.8 Å². The van der Waals surface area contributed by atoms with Crippen molar-refractivity contribution in [2.24, 2.45) is 0 Å². The van der Waals surface area contributed by atoms with Gasteiger partial charge >= 0.3 is 5.97 Å². The van der Waals surface area contributed by atoms with Gasteiger partial charge in [0.2, 0.25) is 0 Å². The monoisotopic (exact) mass is 478 g/mol. The van der Waals surface area contributed by atoms with Gasteiger partial charge in [0.1, 0.15) is 13.2 Å². The first-order valence-electron chi connectivity index (χ1n) is 11.8. The van der Waals surface area contributed by atoms with Crippen LogP contribution in [0.5, 0.6) is 5.75 Å². The number of nitrogens with one attached hydrogen (secondary N) is 1. The summed E-state index contributed by atoms with van der Waals surface area (Å²) in [6, 6.07) is 9.99. The molecule has 9 nitrogen and oxygen atoms in total. The smallest absolute Gasteiger partial charge is 0.325 e. The molecule has 0 aliphatic carbocycles. The summed E-state index contributed by atoms with van der Waals surface area (Å²) in [7, 11) is 0. The van der Waals surface area contributed by atoms with E-state index < -0.39 is 11.9 Å². The van der Waals surface area contributed by atoms with E-state index in [4.69, 9.17) is 14.2 Å². The second-order valence-electron chi connectivity index (χ2n) is 8.29. The molecule has 1 amide bonds. The third-order valence-electron chi connectivity index (χ3n) is 5.90. The van der Waals surface area contributed by atoms with E-state index in [1.54, 1.807) is 19.3 Å². The van der Waals surface area contributed by atoms with Crippen LogP contribution in [0.25, 0.3) is 11.1 Å². The number of hydrogen-bond acceptors (Lipinski definition) is 7. The van der Waals surface area contributed by atoms with Crippen LogP contribution in [-0.4, -0.2) is 53.0 Å². The van der Waals surface area contributed by atoms with Crippen LogP contribution in [0, 0.1) is 6.92 Å². The van der Waals surface area contributed by atoms with Gasteiger partial charge < -0.3 is 19.5 Å². The van der Waals surface area contributed by atoms with Crippen molar-refractivity contribution in [3.05, 3.63) is 65.7 Å². The number of rotatable bonds is 9. The summed E-state index contributed by atoms with van der Waals surface area (Å²) < 4.78 is 18.5. The maximum atomic E-state index is 12.9. The Morgan fingerprint density at radius 1 is 1.17 bits per heavy atom. The van der Waals surface area contributed by atoms with Gasteiger partial charge in [0.05, 0.1) is 18.8 Å². The molecule has 1 N–H and O–H groups in total. The minimum atomic E-state index is -0.513. The van der Waals surface area contributed by atoms with Gasteiger partial charge in [0.15, 0.2) is 11.4 Å². The molecule has 1 aromatic carbocycles. The predicted molar refractivity (Wildman–Crippen MR) is 129 cm³/mol. The molecule has 9 heteroatoms. The first kappa shape index (κ1) is 24.4. The van der Waals surface area contributed by atoms with Gasteiger partial charge in [-0.15, -0.1) is 0 Å². The SMILES string of the molecule is CCOC(=O)CNC(=O)c1ncc(-c2cnn(C3CCOCC3)c2)c(C)c1OCc1ccccc1. The molecule has 3 aromatic rings. The van der Waals surface area contributed by atoms with Gasteiger partial charge in [-0.2, -0.15) is 5.10 Å². The van der Waals surface area contributed by atoms with Crippen molar-refractivity contribution in [3.63, 3.8) is 0 Å². The fraction of sp³-hybridized carbons (Fsp3) is 0.385. The van der Waals surface area contributed by atoms with Crippen LogP contribution in [0.1, 0.15) is 47.4 Å². The Hall–Kier alpha value is -3.72. The van der Waals surface area contributed by atoms with E-state index in [0.717, 1.165) is 48.3 Å². The first-order valence-corrected chi connectivity index (χ1v) is 11.8. The summed E-state index contributed by atoms with van der Waals surface area (Å²) in [4.78, 5) is 29.0. The molecule has 1 aliphatic rings. The van der Waals surface area contributed by atoms with Crippen molar-refractivity contribution in [3.8, 4) is 16.9 Å². The number of benzene rings is 1. The molecule has 1 saturated heterocycles. The molecule has 0 saturated carbocycles. The molecule has 0 radical (unpaired) electrons. The Kier molecular flexibility index (Phi) is 8.10. The summed E-state index contributed by atoms with van der Waals surface area (Å²) in [6.07, 6.45) is 7.30. The van der Waals surface area contributed by atoms with E-state index in [9.17, 15) is 9.59 Å². The number of ether oxygens (including phenoxy) is 3. The summed E-state index contributed by atoms with van der Waals surface area (Å²) >= 11 is 0. The Labute approximate surface area is 204 Å². The number of hydrogen-bond donors (Lipinski definition) is 1. The van der Waals surface area contributed by atoms with E-state index >= 15 is 0 Å². The van der Waals surface area contributed by atoms with Crippen molar-refractivity contribution in [2.75, 3.05) is 26.4 Å². The van der Waals surface area contributed by atoms with Crippen LogP contribution < -0.4 is 10.1 Å². The third-order valence-corrected chi connectivity index (χ3v) is 5.90. The van der Waals surface area contributed by atoms with Gasteiger partial charge in [-0.3, -0.25) is 14.3 Å². The highest BCUT2D eigenvalue weighted by molar-refractivity contribution is 5.97. The lowest BCUT2D eigenvalue weighted by atomic mass is 10.0. The normalized spacial score (nSPS) is 13.9. The topological polar surface area (TPSA) is 105 Å². The van der Waals surface area contributed by atoms with Crippen LogP contribution >= 0.6 is 0 Å². The van der Waals surface area contributed by atoms with Gasteiger partial charge in [0.25, 0.3) is 5.91 Å². The quantitative estimate of drug-likeness (QED) is 0.470. The second kappa shape index (κ2) is 11.6. The fourth-order valence-corrected chi connectivity index (χ4v) is 4.02. The number of aromatic nitrogens is 3. The Bertz CT molecular complexity index is 1160. The van der Waals surface area contributed by atoms with E-state index in [0.29, 0.717) is 11.8 Å². The molecule has 0 spiro atoms. The van der Waals surface area contributed by atoms with Crippen molar-refractivity contribution in [2.45, 2.75) is 39.3 Å². The zero-order chi connectivity index (χ0) is 24.6. The maximum absolute atomic E-state index is 12.9. The molecule has 4 rings (SSSR count). The third kappa shape index (κ3) is 6.05. The summed E-state index contributed by atoms with van der Waals surface area (Å²) in [5, 5.41) is 7.14. The molecule has 184 valence electrons. The molecule has 1 aliphatic heterocycles. The number of amides is 1. The highest BCUT2D eigenvalue weighted by Crippen LogP contribution is 2.33. The van der Waals surface area contributed by atoms with Gasteiger partial charge in [-0.05, 0) is 32.3 Å². The predicted octanol–water partition coefficient (Wildman–Crippen LogP) is 3.48. The largest absolute Gasteiger partial charge is 0.486 e. The molecule has 2 aromatic heterocycles. The molecule has 0 atom stereocenters. The molecule has 35 heavy (non-hydrogen) atoms. The van der Waals surface area contributed by atoms with Crippen LogP contribution in [0.4, 0.5) is 0 Å². The molecular weight excluding hydrogens is 448 g/mol. The average Bonchev–Trinajstić information content (AvgIpc) is 3.38. The van der Waals surface area contributed by atoms with E-state index in [1.165, 1.54) is 0 Å². The molecule has 0 unspecified atom stereocenters. The number of esters is 1. The van der Waals surface area contributed by atoms with E-state index in [-0.39, 0.29) is 25.5 Å². The fourth-order valence-electron chi connectivity index (χ4n) is 4.02. The molecule has 0 bridgehead atoms. The van der Waals surface area contributed by atoms with Gasteiger partial charge in [-0.1, -0.05) is 30.3 Å². The zero-order valence-electron chi connectivity index (χ0n) is 20.0. The number of carbonyl (C=O) groups excluding carboxylic acids is 2. The van der Waals surface area contributed by atoms with Crippen LogP contribution in [-0.2, 0) is 20.9 Å². The Morgan fingerprint density at radius 3 is 2.69 bits per heavy atom. The van der Waals surface area contributed by atoms with Crippen LogP contribution in [0.2, 0.25) is 0 Å². The highest BCUT2D eigenvalue weighted by Gasteiger charge is 2.23. The number of carbonyl (C=O) groups is 2. The minimum absolute atomic E-state index is 0.114. The van der Waals surface area contributed by atoms with Crippen LogP contribution in [0.15, 0.2) is 48.9 Å². The Morgan fingerprint density at radius 2 is 1.94 bits per heavy atom. The summed E-state index contributed by atoms with van der Waals surface area (Å²) in [5.41, 5.74) is 3.56. The average molecular weight is 479 g/mol. The van der Waals surface area contributed by atoms with Gasteiger partial charge in [0, 0.05) is 42.3 Å². The van der Waals surface area contributed by atoms with E-state index in [1.807, 2.05) is 48.1 Å². The molecule has 3 heterocycles. The lowest BCUT2D eigenvalue weighted by Crippen LogP contribution is -2.31. The first-order chi connectivity index (χ1) is 17.1. The van der Waals surface area contributed by atoms with Crippen molar-refractivity contribution in [1.82, 2.24) is 20.1 Å². The number of nitrogens with zero attached hydrogens (tertiary/aromatic N) is 3. The standard InChI is InChI=1S/C26H30N4O5/c1-3-34-23(31)15-28-26(32)24-25(35-17-19-7-5-4-6-8-19)18(2)22(14-27-24)20-13-29-30(16-20)21-9-11-33-12-10-21/h4-8,13-14,16,21H,3,9-12,15,17H2,1-2H3,(H,28,32). The van der Waals surface area contributed by atoms with E-state index in [2.05, 4.69) is 15.4 Å². The van der Waals surface area contributed by atoms with Crippen molar-refractivity contribution in [1.29, 1.82) is 0 Å². The van der Waals surface area contributed by atoms with Gasteiger partial charge in [-0.25, -0.2) is 4.98 Å². The Balaban J connectivity index is 1.61. The summed E-state index contributed by atoms with van der Waals surface area (Å²) in [6.45, 7) is 5.33. The molecular formula is C26H30N4O5. The number of pyridine rings is 1. The lowest BCUT2D eigenvalue weighted by Gasteiger charge is -2.22. The lowest BCUT2D eigenvalue weighted by molar-refractivity contribution is -0.141. The second-order valence-corrected chi connectivity index (χ2v) is 8.29. The van der Waals surface area contributed by atoms with Crippen molar-refractivity contribution >= 4 is 11.9 Å². The summed E-state index contributed by atoms with van der Waals surface area (Å²) in [5.74, 6) is -0.651. The molecule has 1 fully saturated rings. The maximum Gasteiger partial charge on any atom is 0.325 e. The minimum Gasteiger partial charge on any atom is -0.486 e. The zero-order valence-corrected chi connectivity index (χ0v) is 20.0. The van der Waals surface area contributed by atoms with Crippen LogP contribution in [0.3, 0.4) is 0 Å². The highest BCUT2D eigenvalue weighted by atomic mass is 16.5.